The van der Waals surface area contributed by atoms with Gasteiger partial charge >= 0.3 is 0 Å². The van der Waals surface area contributed by atoms with E-state index in [0.29, 0.717) is 11.6 Å². The molecule has 0 fully saturated rings. The van der Waals surface area contributed by atoms with E-state index in [9.17, 15) is 0 Å². The number of rotatable bonds is 2. The molecular weight excluding hydrogens is 160 g/mol. The summed E-state index contributed by atoms with van der Waals surface area (Å²) in [5, 5.41) is 1.40. The summed E-state index contributed by atoms with van der Waals surface area (Å²) in [6.45, 7) is 0.695. The van der Waals surface area contributed by atoms with E-state index < -0.39 is 0 Å². The molecule has 1 atom stereocenters. The zero-order valence-corrected chi connectivity index (χ0v) is 7.15. The van der Waals surface area contributed by atoms with E-state index in [1.54, 1.807) is 7.05 Å². The van der Waals surface area contributed by atoms with Gasteiger partial charge in [0.2, 0.25) is 0 Å². The Hall–Kier alpha value is -0.570. The second kappa shape index (κ2) is 3.72. The molecule has 1 aromatic rings. The quantitative estimate of drug-likeness (QED) is 0.649. The lowest BCUT2D eigenvalue weighted by Gasteiger charge is -2.14. The molecule has 0 radical (unpaired) electrons. The highest BCUT2D eigenvalue weighted by molar-refractivity contribution is 6.30. The number of halogens is 1. The van der Waals surface area contributed by atoms with Crippen molar-refractivity contribution in [3.63, 3.8) is 0 Å². The van der Waals surface area contributed by atoms with Gasteiger partial charge in [-0.2, -0.15) is 0 Å². The minimum atomic E-state index is 0.660. The normalized spacial score (nSPS) is 13.0. The lowest BCUT2D eigenvalue weighted by molar-refractivity contribution is -0.841. The van der Waals surface area contributed by atoms with Crippen LogP contribution < -0.4 is 5.01 Å². The van der Waals surface area contributed by atoms with E-state index in [1.807, 2.05) is 24.3 Å². The summed E-state index contributed by atoms with van der Waals surface area (Å²) in [5.74, 6) is 7.26. The molecule has 0 amide bonds. The Morgan fingerprint density at radius 2 is 2.27 bits per heavy atom. The molecule has 11 heavy (non-hydrogen) atoms. The molecule has 2 nitrogen and oxygen atoms in total. The van der Waals surface area contributed by atoms with Crippen molar-refractivity contribution < 1.29 is 5.01 Å². The van der Waals surface area contributed by atoms with Gasteiger partial charge in [0.15, 0.2) is 0 Å². The van der Waals surface area contributed by atoms with E-state index in [-0.39, 0.29) is 0 Å². The largest absolute Gasteiger partial charge is 0.469 e. The third kappa shape index (κ3) is 2.89. The van der Waals surface area contributed by atoms with Crippen molar-refractivity contribution >= 4 is 11.6 Å². The molecule has 0 saturated carbocycles. The third-order valence-electron chi connectivity index (χ3n) is 1.36. The van der Waals surface area contributed by atoms with Crippen molar-refractivity contribution in [2.45, 2.75) is 6.54 Å². The lowest BCUT2D eigenvalue weighted by atomic mass is 10.2. The van der Waals surface area contributed by atoms with Crippen molar-refractivity contribution in [2.24, 2.45) is 0 Å². The molecule has 1 rings (SSSR count). The van der Waals surface area contributed by atoms with Crippen LogP contribution >= 0.6 is 11.6 Å². The first-order valence-corrected chi connectivity index (χ1v) is 3.85. The van der Waals surface area contributed by atoms with Crippen molar-refractivity contribution in [1.29, 1.82) is 0 Å². The standard InChI is InChI=1S/C8H11ClN2/c1-11(10)6-7-3-2-4-8(9)5-7/h2-5,10-11H,6H2,1H3. The smallest absolute Gasteiger partial charge is 0.0937 e. The molecule has 0 bridgehead atoms. The molecule has 0 heterocycles. The van der Waals surface area contributed by atoms with Crippen LogP contribution in [0.1, 0.15) is 5.56 Å². The van der Waals surface area contributed by atoms with Gasteiger partial charge in [0, 0.05) is 10.6 Å². The number of hydrogen-bond acceptors (Lipinski definition) is 0. The molecule has 1 aromatic carbocycles. The maximum absolute atomic E-state index is 7.26. The number of benzene rings is 1. The van der Waals surface area contributed by atoms with Gasteiger partial charge in [0.05, 0.1) is 13.6 Å². The minimum absolute atomic E-state index is 0.660. The van der Waals surface area contributed by atoms with E-state index in [0.717, 1.165) is 10.6 Å². The first-order chi connectivity index (χ1) is 5.18. The predicted octanol–water partition coefficient (Wildman–Crippen LogP) is 1.32. The fourth-order valence-electron chi connectivity index (χ4n) is 0.953. The molecule has 0 aliphatic carbocycles. The molecule has 1 unspecified atom stereocenters. The summed E-state index contributed by atoms with van der Waals surface area (Å²) in [6.07, 6.45) is 0. The van der Waals surface area contributed by atoms with E-state index >= 15 is 0 Å². The van der Waals surface area contributed by atoms with Gasteiger partial charge in [-0.1, -0.05) is 23.7 Å². The third-order valence-corrected chi connectivity index (χ3v) is 1.59. The molecule has 2 N–H and O–H groups in total. The Morgan fingerprint density at radius 1 is 1.55 bits per heavy atom. The molecule has 3 heteroatoms. The van der Waals surface area contributed by atoms with Crippen LogP contribution in [0, 0.1) is 0 Å². The highest BCUT2D eigenvalue weighted by atomic mass is 35.5. The van der Waals surface area contributed by atoms with Crippen LogP contribution in [-0.4, -0.2) is 7.05 Å². The summed E-state index contributed by atoms with van der Waals surface area (Å²) < 4.78 is 0. The topological polar surface area (TPSA) is 28.2 Å². The lowest BCUT2D eigenvalue weighted by Crippen LogP contribution is -3.00. The van der Waals surface area contributed by atoms with E-state index in [1.165, 1.54) is 0 Å². The van der Waals surface area contributed by atoms with Crippen LogP contribution in [0.2, 0.25) is 5.02 Å². The summed E-state index contributed by atoms with van der Waals surface area (Å²) in [7, 11) is 1.79. The first-order valence-electron chi connectivity index (χ1n) is 3.47. The highest BCUT2D eigenvalue weighted by Gasteiger charge is 1.94. The first kappa shape index (κ1) is 8.53. The average Bonchev–Trinajstić information content (AvgIpc) is 1.85. The second-order valence-electron chi connectivity index (χ2n) is 2.59. The summed E-state index contributed by atoms with van der Waals surface area (Å²) in [4.78, 5) is 0. The zero-order chi connectivity index (χ0) is 8.27. The fraction of sp³-hybridized carbons (Fsp3) is 0.250. The molecular formula is C8H11ClN2. The van der Waals surface area contributed by atoms with Crippen LogP contribution in [0.3, 0.4) is 0 Å². The van der Waals surface area contributed by atoms with Crippen LogP contribution in [0.5, 0.6) is 0 Å². The zero-order valence-electron chi connectivity index (χ0n) is 6.39. The van der Waals surface area contributed by atoms with Crippen molar-refractivity contribution in [3.8, 4) is 0 Å². The maximum atomic E-state index is 7.26. The number of nitrogens with one attached hydrogen (secondary N) is 2. The predicted molar refractivity (Wildman–Crippen MR) is 46.4 cm³/mol. The maximum Gasteiger partial charge on any atom is 0.0937 e. The van der Waals surface area contributed by atoms with Crippen molar-refractivity contribution in [3.05, 3.63) is 40.7 Å². The molecule has 0 aliphatic heterocycles. The van der Waals surface area contributed by atoms with Crippen molar-refractivity contribution in [2.75, 3.05) is 7.05 Å². The van der Waals surface area contributed by atoms with Crippen LogP contribution in [0.25, 0.3) is 5.84 Å². The Morgan fingerprint density at radius 3 is 2.82 bits per heavy atom. The van der Waals surface area contributed by atoms with Gasteiger partial charge in [-0.05, 0) is 12.1 Å². The summed E-state index contributed by atoms with van der Waals surface area (Å²) in [6, 6.07) is 7.61. The molecule has 0 aromatic heterocycles. The highest BCUT2D eigenvalue weighted by Crippen LogP contribution is 2.09. The second-order valence-corrected chi connectivity index (χ2v) is 3.02. The Kier molecular flexibility index (Phi) is 2.88. The molecule has 0 saturated heterocycles. The summed E-state index contributed by atoms with van der Waals surface area (Å²) >= 11 is 5.76. The van der Waals surface area contributed by atoms with Crippen LogP contribution in [-0.2, 0) is 6.54 Å². The van der Waals surface area contributed by atoms with Crippen LogP contribution in [0.4, 0.5) is 0 Å². The molecule has 0 spiro atoms. The molecule has 60 valence electrons. The molecule has 0 aliphatic rings. The SMILES string of the molecule is C[NH+]([NH-])Cc1cccc(Cl)c1. The Bertz CT molecular complexity index is 235. The average molecular weight is 171 g/mol. The van der Waals surface area contributed by atoms with Gasteiger partial charge < -0.3 is 10.9 Å². The van der Waals surface area contributed by atoms with E-state index in [2.05, 4.69) is 0 Å². The van der Waals surface area contributed by atoms with Crippen molar-refractivity contribution in [1.82, 2.24) is 0 Å². The van der Waals surface area contributed by atoms with Gasteiger partial charge in [-0.25, -0.2) is 0 Å². The Balaban J connectivity index is 2.71. The van der Waals surface area contributed by atoms with E-state index in [4.69, 9.17) is 17.4 Å². The Labute approximate surface area is 71.5 Å². The van der Waals surface area contributed by atoms with Crippen LogP contribution in [0.15, 0.2) is 24.3 Å². The number of quaternary nitrogens is 1. The van der Waals surface area contributed by atoms with Gasteiger partial charge in [-0.15, -0.1) is 0 Å². The summed E-state index contributed by atoms with van der Waals surface area (Å²) in [5.41, 5.74) is 1.10. The number of hydrogen-bond donors (Lipinski definition) is 1. The minimum Gasteiger partial charge on any atom is -0.469 e. The van der Waals surface area contributed by atoms with Gasteiger partial charge in [-0.3, -0.25) is 0 Å². The van der Waals surface area contributed by atoms with Gasteiger partial charge in [0.1, 0.15) is 0 Å². The van der Waals surface area contributed by atoms with Gasteiger partial charge in [0.25, 0.3) is 0 Å². The monoisotopic (exact) mass is 170 g/mol. The fourth-order valence-corrected chi connectivity index (χ4v) is 1.17.